The van der Waals surface area contributed by atoms with E-state index in [2.05, 4.69) is 20.5 Å². The standard InChI is InChI=1S/C17H15N7O/c18-9-12(10-19)14(11-20)21-13-5-6-15(17-16(13)22-25-23-17)24-7-3-1-2-4-8-24/h5-6,21H,1-4,7-8H2. The van der Waals surface area contributed by atoms with E-state index in [1.807, 2.05) is 12.1 Å². The van der Waals surface area contributed by atoms with Gasteiger partial charge in [-0.05, 0) is 35.3 Å². The van der Waals surface area contributed by atoms with Crippen LogP contribution >= 0.6 is 0 Å². The van der Waals surface area contributed by atoms with Crippen LogP contribution in [0.2, 0.25) is 0 Å². The molecule has 0 saturated carbocycles. The highest BCUT2D eigenvalue weighted by atomic mass is 16.6. The third-order valence-electron chi connectivity index (χ3n) is 4.19. The Balaban J connectivity index is 2.01. The fraction of sp³-hybridized carbons (Fsp3) is 0.353. The van der Waals surface area contributed by atoms with Gasteiger partial charge in [-0.3, -0.25) is 0 Å². The molecule has 1 aromatic heterocycles. The Morgan fingerprint density at radius 3 is 2.28 bits per heavy atom. The van der Waals surface area contributed by atoms with Crippen molar-refractivity contribution in [3.63, 3.8) is 0 Å². The predicted octanol–water partition coefficient (Wildman–Crippen LogP) is 2.84. The summed E-state index contributed by atoms with van der Waals surface area (Å²) < 4.78 is 4.90. The fourth-order valence-corrected chi connectivity index (χ4v) is 2.94. The molecule has 124 valence electrons. The average Bonchev–Trinajstić information content (AvgIpc) is 2.98. The Labute approximate surface area is 144 Å². The van der Waals surface area contributed by atoms with Gasteiger partial charge in [0.05, 0.1) is 11.4 Å². The molecule has 1 aliphatic heterocycles. The van der Waals surface area contributed by atoms with E-state index >= 15 is 0 Å². The Morgan fingerprint density at radius 1 is 0.960 bits per heavy atom. The molecule has 1 fully saturated rings. The van der Waals surface area contributed by atoms with Gasteiger partial charge in [-0.25, -0.2) is 4.63 Å². The molecule has 1 aliphatic rings. The van der Waals surface area contributed by atoms with Gasteiger partial charge in [0.25, 0.3) is 0 Å². The maximum Gasteiger partial charge on any atom is 0.163 e. The molecule has 2 heterocycles. The number of aromatic nitrogens is 2. The quantitative estimate of drug-likeness (QED) is 0.850. The summed E-state index contributed by atoms with van der Waals surface area (Å²) >= 11 is 0. The van der Waals surface area contributed by atoms with E-state index in [1.165, 1.54) is 12.8 Å². The van der Waals surface area contributed by atoms with Gasteiger partial charge in [0.2, 0.25) is 0 Å². The van der Waals surface area contributed by atoms with E-state index in [9.17, 15) is 5.26 Å². The zero-order valence-electron chi connectivity index (χ0n) is 13.5. The topological polar surface area (TPSA) is 126 Å². The molecule has 2 aromatic rings. The van der Waals surface area contributed by atoms with E-state index in [0.717, 1.165) is 31.6 Å². The second kappa shape index (κ2) is 7.33. The lowest BCUT2D eigenvalue weighted by Gasteiger charge is -2.22. The molecule has 0 spiro atoms. The van der Waals surface area contributed by atoms with Crippen molar-refractivity contribution in [2.75, 3.05) is 23.3 Å². The monoisotopic (exact) mass is 333 g/mol. The van der Waals surface area contributed by atoms with E-state index in [1.54, 1.807) is 18.2 Å². The summed E-state index contributed by atoms with van der Waals surface area (Å²) in [6.45, 7) is 1.90. The molecular formula is C17H15N7O. The smallest absolute Gasteiger partial charge is 0.163 e. The number of fused-ring (bicyclic) bond motifs is 1. The fourth-order valence-electron chi connectivity index (χ4n) is 2.94. The number of nitrogens with zero attached hydrogens (tertiary/aromatic N) is 6. The number of hydrogen-bond acceptors (Lipinski definition) is 8. The molecule has 0 amide bonds. The van der Waals surface area contributed by atoms with E-state index in [0.29, 0.717) is 16.7 Å². The predicted molar refractivity (Wildman–Crippen MR) is 90.0 cm³/mol. The molecule has 25 heavy (non-hydrogen) atoms. The van der Waals surface area contributed by atoms with Crippen LogP contribution in [0.3, 0.4) is 0 Å². The first-order valence-corrected chi connectivity index (χ1v) is 8.00. The van der Waals surface area contributed by atoms with Crippen molar-refractivity contribution < 1.29 is 4.63 Å². The minimum absolute atomic E-state index is 0.128. The van der Waals surface area contributed by atoms with Crippen molar-refractivity contribution in [2.24, 2.45) is 0 Å². The molecule has 3 rings (SSSR count). The Kier molecular flexibility index (Phi) is 4.78. The van der Waals surface area contributed by atoms with Crippen molar-refractivity contribution in [3.05, 3.63) is 23.4 Å². The summed E-state index contributed by atoms with van der Waals surface area (Å²) in [6.07, 6.45) is 4.69. The lowest BCUT2D eigenvalue weighted by molar-refractivity contribution is 0.315. The summed E-state index contributed by atoms with van der Waals surface area (Å²) in [6, 6.07) is 8.89. The average molecular weight is 333 g/mol. The molecule has 1 N–H and O–H groups in total. The van der Waals surface area contributed by atoms with E-state index in [4.69, 9.17) is 15.2 Å². The number of benzene rings is 1. The molecule has 0 radical (unpaired) electrons. The molecule has 8 nitrogen and oxygen atoms in total. The van der Waals surface area contributed by atoms with E-state index in [-0.39, 0.29) is 11.3 Å². The van der Waals surface area contributed by atoms with Crippen LogP contribution in [0.25, 0.3) is 11.0 Å². The Bertz CT molecular complexity index is 915. The van der Waals surface area contributed by atoms with Crippen LogP contribution in [0.5, 0.6) is 0 Å². The molecule has 1 saturated heterocycles. The van der Waals surface area contributed by atoms with Crippen LogP contribution in [0.4, 0.5) is 11.4 Å². The maximum atomic E-state index is 9.19. The van der Waals surface area contributed by atoms with Crippen molar-refractivity contribution in [1.29, 1.82) is 15.8 Å². The SMILES string of the molecule is N#CC(C#N)=C(C#N)Nc1ccc(N2CCCCCC2)c2nonc12. The molecule has 0 atom stereocenters. The van der Waals surface area contributed by atoms with Gasteiger partial charge in [0, 0.05) is 13.1 Å². The van der Waals surface area contributed by atoms with Crippen LogP contribution < -0.4 is 10.2 Å². The molecule has 1 aromatic carbocycles. The number of nitrogens with one attached hydrogen (secondary N) is 1. The first-order valence-electron chi connectivity index (χ1n) is 8.00. The second-order valence-corrected chi connectivity index (χ2v) is 5.71. The number of hydrogen-bond donors (Lipinski definition) is 1. The minimum Gasteiger partial charge on any atom is -0.370 e. The highest BCUT2D eigenvalue weighted by Gasteiger charge is 2.19. The normalized spacial score (nSPS) is 14.0. The number of allylic oxidation sites excluding steroid dienone is 2. The third-order valence-corrected chi connectivity index (χ3v) is 4.19. The lowest BCUT2D eigenvalue weighted by Crippen LogP contribution is -2.24. The highest BCUT2D eigenvalue weighted by molar-refractivity contribution is 5.97. The van der Waals surface area contributed by atoms with Crippen molar-refractivity contribution in [2.45, 2.75) is 25.7 Å². The molecule has 8 heteroatoms. The van der Waals surface area contributed by atoms with Crippen LogP contribution in [0.15, 0.2) is 28.0 Å². The Morgan fingerprint density at radius 2 is 1.64 bits per heavy atom. The summed E-state index contributed by atoms with van der Waals surface area (Å²) in [7, 11) is 0. The van der Waals surface area contributed by atoms with Gasteiger partial charge in [-0.15, -0.1) is 0 Å². The van der Waals surface area contributed by atoms with Gasteiger partial charge in [-0.1, -0.05) is 12.8 Å². The van der Waals surface area contributed by atoms with Crippen LogP contribution in [-0.2, 0) is 0 Å². The molecule has 0 bridgehead atoms. The van der Waals surface area contributed by atoms with Crippen molar-refractivity contribution in [1.82, 2.24) is 10.3 Å². The zero-order valence-corrected chi connectivity index (χ0v) is 13.5. The first-order chi connectivity index (χ1) is 12.3. The number of rotatable bonds is 3. The molecular weight excluding hydrogens is 318 g/mol. The van der Waals surface area contributed by atoms with E-state index < -0.39 is 0 Å². The minimum atomic E-state index is -0.288. The number of anilines is 2. The van der Waals surface area contributed by atoms with Gasteiger partial charge >= 0.3 is 0 Å². The van der Waals surface area contributed by atoms with Gasteiger partial charge < -0.3 is 10.2 Å². The Hall–Kier alpha value is -3.57. The molecule has 0 unspecified atom stereocenters. The second-order valence-electron chi connectivity index (χ2n) is 5.71. The maximum absolute atomic E-state index is 9.19. The van der Waals surface area contributed by atoms with Gasteiger partial charge in [0.15, 0.2) is 16.6 Å². The largest absolute Gasteiger partial charge is 0.370 e. The van der Waals surface area contributed by atoms with Crippen molar-refractivity contribution >= 4 is 22.4 Å². The summed E-state index contributed by atoms with van der Waals surface area (Å²) in [5.74, 6) is 0. The lowest BCUT2D eigenvalue weighted by atomic mass is 10.2. The summed E-state index contributed by atoms with van der Waals surface area (Å²) in [4.78, 5) is 2.26. The number of nitriles is 3. The van der Waals surface area contributed by atoms with Gasteiger partial charge in [-0.2, -0.15) is 15.8 Å². The van der Waals surface area contributed by atoms with Crippen molar-refractivity contribution in [3.8, 4) is 18.2 Å². The van der Waals surface area contributed by atoms with Gasteiger partial charge in [0.1, 0.15) is 23.9 Å². The van der Waals surface area contributed by atoms with Crippen LogP contribution in [0.1, 0.15) is 25.7 Å². The first kappa shape index (κ1) is 16.3. The molecule has 0 aliphatic carbocycles. The zero-order chi connectivity index (χ0) is 17.6. The highest BCUT2D eigenvalue weighted by Crippen LogP contribution is 2.32. The van der Waals surface area contributed by atoms with Crippen LogP contribution in [-0.4, -0.2) is 23.4 Å². The van der Waals surface area contributed by atoms with Crippen LogP contribution in [0, 0.1) is 34.0 Å². The summed E-state index contributed by atoms with van der Waals surface area (Å²) in [5, 5.41) is 37.8. The third kappa shape index (κ3) is 3.22. The summed E-state index contributed by atoms with van der Waals surface area (Å²) in [5.41, 5.74) is 2.05.